The molecule has 1 saturated heterocycles. The molecule has 0 atom stereocenters. The number of nitrogens with zero attached hydrogens (tertiary/aromatic N) is 1. The number of para-hydroxylation sites is 1. The van der Waals surface area contributed by atoms with E-state index in [9.17, 15) is 0 Å². The van der Waals surface area contributed by atoms with E-state index >= 15 is 0 Å². The quantitative estimate of drug-likeness (QED) is 0.822. The fourth-order valence-electron chi connectivity index (χ4n) is 2.02. The fourth-order valence-corrected chi connectivity index (χ4v) is 2.97. The first kappa shape index (κ1) is 13.1. The van der Waals surface area contributed by atoms with E-state index in [0.29, 0.717) is 6.61 Å². The molecule has 1 aromatic rings. The van der Waals surface area contributed by atoms with Crippen LogP contribution in [0.1, 0.15) is 6.92 Å². The highest BCUT2D eigenvalue weighted by molar-refractivity contribution is 8.03. The summed E-state index contributed by atoms with van der Waals surface area (Å²) in [4.78, 5) is 3.52. The molecule has 3 heteroatoms. The van der Waals surface area contributed by atoms with Gasteiger partial charge in [0.2, 0.25) is 0 Å². The van der Waals surface area contributed by atoms with Gasteiger partial charge in [0.05, 0.1) is 6.54 Å². The van der Waals surface area contributed by atoms with Crippen molar-refractivity contribution < 1.29 is 4.74 Å². The average molecular weight is 261 g/mol. The molecule has 1 heterocycles. The summed E-state index contributed by atoms with van der Waals surface area (Å²) < 4.78 is 5.73. The second-order valence-electron chi connectivity index (χ2n) is 4.09. The van der Waals surface area contributed by atoms with Crippen LogP contribution in [0.2, 0.25) is 0 Å². The van der Waals surface area contributed by atoms with Crippen LogP contribution in [0.25, 0.3) is 0 Å². The molecule has 1 aromatic carbocycles. The Morgan fingerprint density at radius 2 is 2.17 bits per heavy atom. The minimum Gasteiger partial charge on any atom is -0.492 e. The van der Waals surface area contributed by atoms with Gasteiger partial charge in [0.25, 0.3) is 0 Å². The molecule has 18 heavy (non-hydrogen) atoms. The third kappa shape index (κ3) is 3.33. The molecule has 0 radical (unpaired) electrons. The molecule has 96 valence electrons. The summed E-state index contributed by atoms with van der Waals surface area (Å²) in [5.41, 5.74) is 1.25. The maximum Gasteiger partial charge on any atom is 0.119 e. The van der Waals surface area contributed by atoms with Crippen molar-refractivity contribution in [2.75, 3.05) is 25.4 Å². The Balaban J connectivity index is 1.84. The van der Waals surface area contributed by atoms with Crippen molar-refractivity contribution in [2.24, 2.45) is 0 Å². The Kier molecular flexibility index (Phi) is 4.76. The molecule has 0 spiro atoms. The van der Waals surface area contributed by atoms with E-state index in [-0.39, 0.29) is 0 Å². The van der Waals surface area contributed by atoms with Crippen LogP contribution >= 0.6 is 11.8 Å². The molecule has 0 N–H and O–H groups in total. The van der Waals surface area contributed by atoms with E-state index in [0.717, 1.165) is 24.6 Å². The summed E-state index contributed by atoms with van der Waals surface area (Å²) in [7, 11) is 0. The molecular weight excluding hydrogens is 242 g/mol. The molecule has 2 rings (SSSR count). The largest absolute Gasteiger partial charge is 0.492 e. The highest BCUT2D eigenvalue weighted by Gasteiger charge is 2.17. The summed E-state index contributed by atoms with van der Waals surface area (Å²) in [6, 6.07) is 9.96. The normalized spacial score (nSPS) is 18.2. The lowest BCUT2D eigenvalue weighted by atomic mass is 10.3. The highest BCUT2D eigenvalue weighted by Crippen LogP contribution is 2.29. The molecule has 0 amide bonds. The molecule has 0 saturated carbocycles. The van der Waals surface area contributed by atoms with Gasteiger partial charge in [0.15, 0.2) is 0 Å². The van der Waals surface area contributed by atoms with Crippen molar-refractivity contribution in [3.05, 3.63) is 53.6 Å². The molecule has 0 aliphatic carbocycles. The van der Waals surface area contributed by atoms with Gasteiger partial charge in [-0.15, -0.1) is 11.8 Å². The molecular formula is C15H19NOS. The lowest BCUT2D eigenvalue weighted by molar-refractivity contribution is 0.251. The Labute approximate surface area is 113 Å². The van der Waals surface area contributed by atoms with Crippen LogP contribution in [0.15, 0.2) is 53.6 Å². The van der Waals surface area contributed by atoms with E-state index < -0.39 is 0 Å². The molecule has 0 unspecified atom stereocenters. The zero-order valence-corrected chi connectivity index (χ0v) is 11.6. The van der Waals surface area contributed by atoms with Crippen LogP contribution in [0.5, 0.6) is 5.75 Å². The molecule has 1 fully saturated rings. The first-order valence-corrected chi connectivity index (χ1v) is 7.21. The number of hydrogen-bond donors (Lipinski definition) is 0. The van der Waals surface area contributed by atoms with E-state index in [1.54, 1.807) is 0 Å². The van der Waals surface area contributed by atoms with E-state index in [1.165, 1.54) is 10.6 Å². The Bertz CT molecular complexity index is 427. The first-order valence-electron chi connectivity index (χ1n) is 6.22. The monoisotopic (exact) mass is 261 g/mol. The van der Waals surface area contributed by atoms with Crippen molar-refractivity contribution >= 4 is 11.8 Å². The second-order valence-corrected chi connectivity index (χ2v) is 5.28. The molecule has 0 bridgehead atoms. The summed E-state index contributed by atoms with van der Waals surface area (Å²) in [5.74, 6) is 2.05. The van der Waals surface area contributed by atoms with Crippen LogP contribution in [0.3, 0.4) is 0 Å². The highest BCUT2D eigenvalue weighted by atomic mass is 32.2. The SMILES string of the molecule is C=C1SCCN(CCOc2ccccc2)/C1=C/C. The van der Waals surface area contributed by atoms with Crippen LogP contribution in [0.4, 0.5) is 0 Å². The van der Waals surface area contributed by atoms with E-state index in [2.05, 4.69) is 24.5 Å². The van der Waals surface area contributed by atoms with E-state index in [4.69, 9.17) is 4.74 Å². The smallest absolute Gasteiger partial charge is 0.119 e. The van der Waals surface area contributed by atoms with Gasteiger partial charge in [-0.05, 0) is 19.1 Å². The summed E-state index contributed by atoms with van der Waals surface area (Å²) in [6.45, 7) is 8.85. The maximum absolute atomic E-state index is 5.73. The van der Waals surface area contributed by atoms with Gasteiger partial charge in [0, 0.05) is 22.9 Å². The maximum atomic E-state index is 5.73. The third-order valence-electron chi connectivity index (χ3n) is 2.91. The predicted octanol–water partition coefficient (Wildman–Crippen LogP) is 3.53. The molecule has 2 nitrogen and oxygen atoms in total. The fraction of sp³-hybridized carbons (Fsp3) is 0.333. The number of rotatable bonds is 4. The lowest BCUT2D eigenvalue weighted by Crippen LogP contribution is -2.33. The number of ether oxygens (including phenoxy) is 1. The summed E-state index contributed by atoms with van der Waals surface area (Å²) in [6.07, 6.45) is 2.14. The topological polar surface area (TPSA) is 12.5 Å². The molecule has 1 aliphatic heterocycles. The van der Waals surface area contributed by atoms with Gasteiger partial charge in [-0.25, -0.2) is 0 Å². The lowest BCUT2D eigenvalue weighted by Gasteiger charge is -2.32. The van der Waals surface area contributed by atoms with Crippen molar-refractivity contribution in [3.8, 4) is 5.75 Å². The van der Waals surface area contributed by atoms with Crippen LogP contribution in [-0.2, 0) is 0 Å². The minimum atomic E-state index is 0.708. The number of allylic oxidation sites excluding steroid dienone is 1. The third-order valence-corrected chi connectivity index (χ3v) is 3.85. The summed E-state index contributed by atoms with van der Waals surface area (Å²) >= 11 is 1.84. The van der Waals surface area contributed by atoms with Crippen molar-refractivity contribution in [3.63, 3.8) is 0 Å². The molecule has 0 aromatic heterocycles. The average Bonchev–Trinajstić information content (AvgIpc) is 2.40. The van der Waals surface area contributed by atoms with Gasteiger partial charge in [0.1, 0.15) is 12.4 Å². The predicted molar refractivity (Wildman–Crippen MR) is 78.9 cm³/mol. The number of thioether (sulfide) groups is 1. The standard InChI is InChI=1S/C15H19NOS/c1-3-15-13(2)18-12-10-16(15)9-11-17-14-7-5-4-6-8-14/h3-8H,2,9-12H2,1H3/b15-3+. The van der Waals surface area contributed by atoms with Crippen molar-refractivity contribution in [1.82, 2.24) is 4.90 Å². The van der Waals surface area contributed by atoms with Crippen molar-refractivity contribution in [1.29, 1.82) is 0 Å². The van der Waals surface area contributed by atoms with Crippen LogP contribution in [-0.4, -0.2) is 30.3 Å². The van der Waals surface area contributed by atoms with Crippen LogP contribution in [0, 0.1) is 0 Å². The summed E-state index contributed by atoms with van der Waals surface area (Å²) in [5, 5.41) is 0. The van der Waals surface area contributed by atoms with Gasteiger partial charge < -0.3 is 9.64 Å². The Morgan fingerprint density at radius 1 is 1.39 bits per heavy atom. The van der Waals surface area contributed by atoms with Gasteiger partial charge in [-0.2, -0.15) is 0 Å². The first-order chi connectivity index (χ1) is 8.81. The number of benzene rings is 1. The van der Waals surface area contributed by atoms with Gasteiger partial charge in [-0.3, -0.25) is 0 Å². The minimum absolute atomic E-state index is 0.708. The van der Waals surface area contributed by atoms with Crippen LogP contribution < -0.4 is 4.74 Å². The van der Waals surface area contributed by atoms with Gasteiger partial charge in [-0.1, -0.05) is 30.9 Å². The zero-order chi connectivity index (χ0) is 12.8. The zero-order valence-electron chi connectivity index (χ0n) is 10.8. The van der Waals surface area contributed by atoms with Crippen molar-refractivity contribution in [2.45, 2.75) is 6.92 Å². The number of hydrogen-bond acceptors (Lipinski definition) is 3. The Morgan fingerprint density at radius 3 is 2.89 bits per heavy atom. The second kappa shape index (κ2) is 6.55. The molecule has 1 aliphatic rings. The Hall–Kier alpha value is -1.35. The van der Waals surface area contributed by atoms with E-state index in [1.807, 2.05) is 42.1 Å². The van der Waals surface area contributed by atoms with Gasteiger partial charge >= 0.3 is 0 Å².